The zero-order valence-corrected chi connectivity index (χ0v) is 14.8. The molecule has 3 rings (SSSR count). The molecule has 0 unspecified atom stereocenters. The van der Waals surface area contributed by atoms with E-state index in [0.717, 1.165) is 17.5 Å². The fourth-order valence-electron chi connectivity index (χ4n) is 2.86. The fraction of sp³-hybridized carbons (Fsp3) is 0.143. The van der Waals surface area contributed by atoms with Gasteiger partial charge in [0.2, 0.25) is 0 Å². The number of benzene rings is 2. The lowest BCUT2D eigenvalue weighted by Crippen LogP contribution is -2.17. The number of carbonyl (C=O) groups is 1. The van der Waals surface area contributed by atoms with E-state index >= 15 is 0 Å². The first kappa shape index (κ1) is 19.2. The van der Waals surface area contributed by atoms with Crippen LogP contribution in [0.2, 0.25) is 0 Å². The highest BCUT2D eigenvalue weighted by atomic mass is 19.4. The van der Waals surface area contributed by atoms with Crippen molar-refractivity contribution in [3.05, 3.63) is 71.0 Å². The first-order chi connectivity index (χ1) is 13.3. The highest BCUT2D eigenvalue weighted by molar-refractivity contribution is 6.11. The first-order valence-electron chi connectivity index (χ1n) is 8.45. The van der Waals surface area contributed by atoms with Crippen molar-refractivity contribution in [2.45, 2.75) is 19.5 Å². The van der Waals surface area contributed by atoms with Crippen LogP contribution in [0.5, 0.6) is 0 Å². The maximum absolute atomic E-state index is 13.1. The van der Waals surface area contributed by atoms with Crippen molar-refractivity contribution in [2.75, 3.05) is 5.32 Å². The van der Waals surface area contributed by atoms with Crippen LogP contribution < -0.4 is 5.32 Å². The number of nitriles is 1. The van der Waals surface area contributed by atoms with Gasteiger partial charge in [0.1, 0.15) is 23.0 Å². The van der Waals surface area contributed by atoms with Crippen molar-refractivity contribution in [3.63, 3.8) is 0 Å². The molecule has 7 heteroatoms. The van der Waals surface area contributed by atoms with Crippen LogP contribution in [-0.4, -0.2) is 5.91 Å². The molecule has 0 bridgehead atoms. The van der Waals surface area contributed by atoms with E-state index in [4.69, 9.17) is 4.42 Å². The first-order valence-corrected chi connectivity index (χ1v) is 8.45. The Balaban J connectivity index is 2.00. The fourth-order valence-corrected chi connectivity index (χ4v) is 2.86. The summed E-state index contributed by atoms with van der Waals surface area (Å²) >= 11 is 0. The van der Waals surface area contributed by atoms with Crippen LogP contribution >= 0.6 is 0 Å². The maximum atomic E-state index is 13.1. The Bertz CT molecular complexity index is 1100. The number of rotatable bonds is 4. The van der Waals surface area contributed by atoms with Gasteiger partial charge in [-0.1, -0.05) is 37.3 Å². The van der Waals surface area contributed by atoms with Crippen LogP contribution in [0.15, 0.2) is 58.5 Å². The lowest BCUT2D eigenvalue weighted by atomic mass is 10.1. The highest BCUT2D eigenvalue weighted by Crippen LogP contribution is 2.35. The molecule has 28 heavy (non-hydrogen) atoms. The SMILES string of the molecule is CCc1oc2ccccc2c1/C=C(\C#N)C(=O)Nc1ccccc1C(F)(F)F. The number of furan rings is 1. The standard InChI is InChI=1S/C21H15F3N2O2/c1-2-18-15(14-7-3-6-10-19(14)28-18)11-13(12-25)20(27)26-17-9-5-4-8-16(17)21(22,23)24/h3-11H,2H2,1H3,(H,26,27)/b13-11+. The molecule has 0 radical (unpaired) electrons. The zero-order valence-electron chi connectivity index (χ0n) is 14.8. The summed E-state index contributed by atoms with van der Waals surface area (Å²) in [5.74, 6) is -0.344. The second-order valence-electron chi connectivity index (χ2n) is 5.96. The monoisotopic (exact) mass is 384 g/mol. The highest BCUT2D eigenvalue weighted by Gasteiger charge is 2.33. The third kappa shape index (κ3) is 3.76. The van der Waals surface area contributed by atoms with Gasteiger partial charge < -0.3 is 9.73 Å². The number of carbonyl (C=O) groups excluding carboxylic acids is 1. The quantitative estimate of drug-likeness (QED) is 0.473. The molecule has 4 nitrogen and oxygen atoms in total. The number of halogens is 3. The van der Waals surface area contributed by atoms with Gasteiger partial charge in [0, 0.05) is 17.4 Å². The Morgan fingerprint density at radius 2 is 1.86 bits per heavy atom. The van der Waals surface area contributed by atoms with Crippen LogP contribution in [-0.2, 0) is 17.4 Å². The summed E-state index contributed by atoms with van der Waals surface area (Å²) in [4.78, 5) is 12.5. The van der Waals surface area contributed by atoms with Crippen LogP contribution in [0.3, 0.4) is 0 Å². The minimum absolute atomic E-state index is 0.321. The van der Waals surface area contributed by atoms with Crippen molar-refractivity contribution in [3.8, 4) is 6.07 Å². The van der Waals surface area contributed by atoms with E-state index in [1.165, 1.54) is 18.2 Å². The molecule has 142 valence electrons. The number of fused-ring (bicyclic) bond motifs is 1. The van der Waals surface area contributed by atoms with Gasteiger partial charge in [0.05, 0.1) is 11.3 Å². The molecule has 0 fully saturated rings. The molecule has 0 spiro atoms. The van der Waals surface area contributed by atoms with Crippen molar-refractivity contribution in [1.82, 2.24) is 0 Å². The van der Waals surface area contributed by atoms with Gasteiger partial charge in [-0.05, 0) is 24.3 Å². The largest absolute Gasteiger partial charge is 0.460 e. The molecule has 1 heterocycles. The van der Waals surface area contributed by atoms with Gasteiger partial charge in [-0.15, -0.1) is 0 Å². The molecule has 0 aliphatic heterocycles. The molecule has 1 aromatic heterocycles. The van der Waals surface area contributed by atoms with Crippen molar-refractivity contribution in [2.24, 2.45) is 0 Å². The minimum Gasteiger partial charge on any atom is -0.460 e. The molecule has 0 saturated carbocycles. The minimum atomic E-state index is -4.63. The van der Waals surface area contributed by atoms with Crippen molar-refractivity contribution < 1.29 is 22.4 Å². The summed E-state index contributed by atoms with van der Waals surface area (Å²) in [6.45, 7) is 1.86. The molecule has 3 aromatic rings. The van der Waals surface area contributed by atoms with Crippen molar-refractivity contribution in [1.29, 1.82) is 5.26 Å². The van der Waals surface area contributed by atoms with E-state index in [2.05, 4.69) is 5.32 Å². The number of nitrogens with zero attached hydrogens (tertiary/aromatic N) is 1. The molecule has 1 N–H and O–H groups in total. The van der Waals surface area contributed by atoms with E-state index in [1.807, 2.05) is 6.92 Å². The summed E-state index contributed by atoms with van der Waals surface area (Å²) in [6, 6.07) is 13.5. The van der Waals surface area contributed by atoms with E-state index in [1.54, 1.807) is 30.3 Å². The number of alkyl halides is 3. The molecular weight excluding hydrogens is 369 g/mol. The predicted molar refractivity (Wildman–Crippen MR) is 99.3 cm³/mol. The van der Waals surface area contributed by atoms with Gasteiger partial charge in [0.15, 0.2) is 0 Å². The smallest absolute Gasteiger partial charge is 0.418 e. The number of hydrogen-bond acceptors (Lipinski definition) is 3. The third-order valence-corrected chi connectivity index (χ3v) is 4.17. The summed E-state index contributed by atoms with van der Waals surface area (Å²) in [6.07, 6.45) is -2.76. The number of hydrogen-bond donors (Lipinski definition) is 1. The molecular formula is C21H15F3N2O2. The molecule has 0 aliphatic rings. The number of nitrogens with one attached hydrogen (secondary N) is 1. The van der Waals surface area contributed by atoms with E-state index < -0.39 is 23.3 Å². The second-order valence-corrected chi connectivity index (χ2v) is 5.96. The van der Waals surface area contributed by atoms with Crippen molar-refractivity contribution >= 4 is 28.6 Å². The van der Waals surface area contributed by atoms with E-state index in [9.17, 15) is 23.2 Å². The molecule has 0 aliphatic carbocycles. The third-order valence-electron chi connectivity index (χ3n) is 4.17. The van der Waals surface area contributed by atoms with Gasteiger partial charge in [-0.25, -0.2) is 0 Å². The normalized spacial score (nSPS) is 12.0. The van der Waals surface area contributed by atoms with Gasteiger partial charge in [-0.2, -0.15) is 18.4 Å². The average molecular weight is 384 g/mol. The van der Waals surface area contributed by atoms with Crippen LogP contribution in [0.25, 0.3) is 17.0 Å². The second kappa shape index (κ2) is 7.61. The lowest BCUT2D eigenvalue weighted by Gasteiger charge is -2.13. The predicted octanol–water partition coefficient (Wildman–Crippen LogP) is 5.56. The Hall–Kier alpha value is -3.53. The molecule has 0 atom stereocenters. The van der Waals surface area contributed by atoms with Crippen LogP contribution in [0, 0.1) is 11.3 Å². The molecule has 1 amide bonds. The number of aryl methyl sites for hydroxylation is 1. The maximum Gasteiger partial charge on any atom is 0.418 e. The Labute approximate surface area is 158 Å². The Kier molecular flexibility index (Phi) is 5.23. The lowest BCUT2D eigenvalue weighted by molar-refractivity contribution is -0.137. The van der Waals surface area contributed by atoms with E-state index in [0.29, 0.717) is 23.3 Å². The number of amides is 1. The molecule has 2 aromatic carbocycles. The number of para-hydroxylation sites is 2. The Morgan fingerprint density at radius 1 is 1.18 bits per heavy atom. The molecule has 0 saturated heterocycles. The van der Waals surface area contributed by atoms with Crippen LogP contribution in [0.4, 0.5) is 18.9 Å². The zero-order chi connectivity index (χ0) is 20.3. The Morgan fingerprint density at radius 3 is 2.54 bits per heavy atom. The summed E-state index contributed by atoms with van der Waals surface area (Å²) < 4.78 is 45.1. The topological polar surface area (TPSA) is 66.0 Å². The summed E-state index contributed by atoms with van der Waals surface area (Å²) in [5.41, 5.74) is -0.546. The van der Waals surface area contributed by atoms with Gasteiger partial charge in [0.25, 0.3) is 5.91 Å². The van der Waals surface area contributed by atoms with E-state index in [-0.39, 0.29) is 5.57 Å². The number of anilines is 1. The van der Waals surface area contributed by atoms with Crippen LogP contribution in [0.1, 0.15) is 23.8 Å². The summed E-state index contributed by atoms with van der Waals surface area (Å²) in [7, 11) is 0. The van der Waals surface area contributed by atoms with Gasteiger partial charge >= 0.3 is 6.18 Å². The van der Waals surface area contributed by atoms with Gasteiger partial charge in [-0.3, -0.25) is 4.79 Å². The average Bonchev–Trinajstić information content (AvgIpc) is 3.03. The summed E-state index contributed by atoms with van der Waals surface area (Å²) in [5, 5.41) is 12.3.